The number of rotatable bonds is 5. The van der Waals surface area contributed by atoms with Crippen LogP contribution in [-0.4, -0.2) is 28.5 Å². The summed E-state index contributed by atoms with van der Waals surface area (Å²) in [6.45, 7) is 5.84. The molecule has 0 spiro atoms. The Kier molecular flexibility index (Phi) is 4.61. The van der Waals surface area contributed by atoms with Crippen LogP contribution in [-0.2, 0) is 9.53 Å². The monoisotopic (exact) mass is 230 g/mol. The van der Waals surface area contributed by atoms with Crippen molar-refractivity contribution in [3.8, 4) is 0 Å². The SMILES string of the molecule is CCOC(=O)CS[C@H](C)c1nnc(C)o1. The minimum atomic E-state index is -0.217. The van der Waals surface area contributed by atoms with E-state index in [0.29, 0.717) is 24.1 Å². The molecule has 6 heteroatoms. The molecular formula is C9H14N2O3S. The molecule has 0 saturated heterocycles. The van der Waals surface area contributed by atoms with Crippen LogP contribution in [0.1, 0.15) is 30.9 Å². The third kappa shape index (κ3) is 3.91. The van der Waals surface area contributed by atoms with Gasteiger partial charge in [0.1, 0.15) is 0 Å². The van der Waals surface area contributed by atoms with Crippen LogP contribution >= 0.6 is 11.8 Å². The zero-order chi connectivity index (χ0) is 11.3. The van der Waals surface area contributed by atoms with Crippen molar-refractivity contribution in [1.29, 1.82) is 0 Å². The largest absolute Gasteiger partial charge is 0.465 e. The summed E-state index contributed by atoms with van der Waals surface area (Å²) in [5, 5.41) is 7.61. The average molecular weight is 230 g/mol. The number of carbonyl (C=O) groups is 1. The second-order valence-electron chi connectivity index (χ2n) is 2.92. The highest BCUT2D eigenvalue weighted by Gasteiger charge is 2.15. The van der Waals surface area contributed by atoms with E-state index in [4.69, 9.17) is 9.15 Å². The Morgan fingerprint density at radius 1 is 1.60 bits per heavy atom. The van der Waals surface area contributed by atoms with Crippen LogP contribution < -0.4 is 0 Å². The van der Waals surface area contributed by atoms with Gasteiger partial charge >= 0.3 is 5.97 Å². The number of aryl methyl sites for hydroxylation is 1. The maximum atomic E-state index is 11.1. The summed E-state index contributed by atoms with van der Waals surface area (Å²) in [4.78, 5) is 11.1. The van der Waals surface area contributed by atoms with Crippen molar-refractivity contribution in [2.75, 3.05) is 12.4 Å². The predicted molar refractivity (Wildman–Crippen MR) is 56.5 cm³/mol. The van der Waals surface area contributed by atoms with E-state index >= 15 is 0 Å². The fourth-order valence-corrected chi connectivity index (χ4v) is 1.65. The minimum Gasteiger partial charge on any atom is -0.465 e. The number of esters is 1. The maximum Gasteiger partial charge on any atom is 0.315 e. The molecule has 1 aromatic rings. The molecule has 0 unspecified atom stereocenters. The molecule has 0 amide bonds. The molecule has 1 aromatic heterocycles. The van der Waals surface area contributed by atoms with Crippen LogP contribution in [0.3, 0.4) is 0 Å². The lowest BCUT2D eigenvalue weighted by molar-refractivity contribution is -0.139. The van der Waals surface area contributed by atoms with Crippen molar-refractivity contribution >= 4 is 17.7 Å². The van der Waals surface area contributed by atoms with Crippen LogP contribution in [0.4, 0.5) is 0 Å². The van der Waals surface area contributed by atoms with Gasteiger partial charge in [-0.15, -0.1) is 22.0 Å². The zero-order valence-corrected chi connectivity index (χ0v) is 9.84. The van der Waals surface area contributed by atoms with Gasteiger partial charge in [0.05, 0.1) is 17.6 Å². The Balaban J connectivity index is 2.36. The minimum absolute atomic E-state index is 0.00982. The van der Waals surface area contributed by atoms with E-state index in [-0.39, 0.29) is 11.2 Å². The number of ether oxygens (including phenoxy) is 1. The van der Waals surface area contributed by atoms with Gasteiger partial charge in [-0.25, -0.2) is 0 Å². The van der Waals surface area contributed by atoms with Crippen molar-refractivity contribution in [1.82, 2.24) is 10.2 Å². The summed E-state index contributed by atoms with van der Waals surface area (Å²) in [6.07, 6.45) is 0. The summed E-state index contributed by atoms with van der Waals surface area (Å²) >= 11 is 1.42. The first kappa shape index (κ1) is 12.0. The van der Waals surface area contributed by atoms with E-state index in [2.05, 4.69) is 10.2 Å². The van der Waals surface area contributed by atoms with E-state index < -0.39 is 0 Å². The number of aromatic nitrogens is 2. The molecule has 1 heterocycles. The summed E-state index contributed by atoms with van der Waals surface area (Å²) in [5.41, 5.74) is 0. The second-order valence-corrected chi connectivity index (χ2v) is 4.25. The van der Waals surface area contributed by atoms with Gasteiger partial charge in [-0.3, -0.25) is 4.79 Å². The Bertz CT molecular complexity index is 327. The van der Waals surface area contributed by atoms with Gasteiger partial charge in [0.15, 0.2) is 0 Å². The molecule has 0 aromatic carbocycles. The first-order valence-electron chi connectivity index (χ1n) is 4.70. The number of carbonyl (C=O) groups excluding carboxylic acids is 1. The Hall–Kier alpha value is -1.04. The maximum absolute atomic E-state index is 11.1. The summed E-state index contributed by atoms with van der Waals surface area (Å²) in [5.74, 6) is 1.16. The summed E-state index contributed by atoms with van der Waals surface area (Å²) < 4.78 is 10.0. The van der Waals surface area contributed by atoms with Gasteiger partial charge in [0.2, 0.25) is 11.8 Å². The molecule has 0 saturated carbocycles. The van der Waals surface area contributed by atoms with Gasteiger partial charge in [-0.05, 0) is 13.8 Å². The van der Waals surface area contributed by atoms with Gasteiger partial charge in [-0.1, -0.05) is 0 Å². The highest BCUT2D eigenvalue weighted by molar-refractivity contribution is 8.00. The molecule has 0 aliphatic carbocycles. The normalized spacial score (nSPS) is 12.5. The topological polar surface area (TPSA) is 65.2 Å². The van der Waals surface area contributed by atoms with E-state index in [1.165, 1.54) is 11.8 Å². The van der Waals surface area contributed by atoms with Crippen molar-refractivity contribution in [2.45, 2.75) is 26.0 Å². The predicted octanol–water partition coefficient (Wildman–Crippen LogP) is 1.74. The highest BCUT2D eigenvalue weighted by atomic mass is 32.2. The summed E-state index contributed by atoms with van der Waals surface area (Å²) in [7, 11) is 0. The van der Waals surface area contributed by atoms with Crippen molar-refractivity contribution in [2.24, 2.45) is 0 Å². The number of thioether (sulfide) groups is 1. The zero-order valence-electron chi connectivity index (χ0n) is 9.02. The van der Waals surface area contributed by atoms with Crippen LogP contribution in [0.15, 0.2) is 4.42 Å². The van der Waals surface area contributed by atoms with Gasteiger partial charge < -0.3 is 9.15 Å². The molecular weight excluding hydrogens is 216 g/mol. The molecule has 84 valence electrons. The molecule has 0 aliphatic rings. The van der Waals surface area contributed by atoms with Gasteiger partial charge in [0, 0.05) is 6.92 Å². The lowest BCUT2D eigenvalue weighted by Gasteiger charge is -2.05. The van der Waals surface area contributed by atoms with Crippen LogP contribution in [0.5, 0.6) is 0 Å². The number of nitrogens with zero attached hydrogens (tertiary/aromatic N) is 2. The van der Waals surface area contributed by atoms with Gasteiger partial charge in [0.25, 0.3) is 0 Å². The summed E-state index contributed by atoms with van der Waals surface area (Å²) in [6, 6.07) is 0. The molecule has 0 radical (unpaired) electrons. The molecule has 1 atom stereocenters. The van der Waals surface area contributed by atoms with Crippen molar-refractivity contribution in [3.05, 3.63) is 11.8 Å². The second kappa shape index (κ2) is 5.75. The molecule has 15 heavy (non-hydrogen) atoms. The smallest absolute Gasteiger partial charge is 0.315 e. The number of hydrogen-bond donors (Lipinski definition) is 0. The van der Waals surface area contributed by atoms with Crippen molar-refractivity contribution < 1.29 is 13.9 Å². The van der Waals surface area contributed by atoms with Crippen LogP contribution in [0.2, 0.25) is 0 Å². The first-order valence-corrected chi connectivity index (χ1v) is 5.75. The van der Waals surface area contributed by atoms with E-state index in [1.54, 1.807) is 13.8 Å². The quantitative estimate of drug-likeness (QED) is 0.718. The highest BCUT2D eigenvalue weighted by Crippen LogP contribution is 2.26. The molecule has 0 fully saturated rings. The molecule has 1 rings (SSSR count). The lowest BCUT2D eigenvalue weighted by atomic mass is 10.5. The van der Waals surface area contributed by atoms with E-state index in [9.17, 15) is 4.79 Å². The molecule has 0 N–H and O–H groups in total. The third-order valence-corrected chi connectivity index (χ3v) is 2.75. The van der Waals surface area contributed by atoms with Gasteiger partial charge in [-0.2, -0.15) is 0 Å². The average Bonchev–Trinajstić information content (AvgIpc) is 2.62. The Morgan fingerprint density at radius 3 is 2.87 bits per heavy atom. The fraction of sp³-hybridized carbons (Fsp3) is 0.667. The molecule has 5 nitrogen and oxygen atoms in total. The van der Waals surface area contributed by atoms with Crippen LogP contribution in [0.25, 0.3) is 0 Å². The number of hydrogen-bond acceptors (Lipinski definition) is 6. The fourth-order valence-electron chi connectivity index (χ4n) is 0.943. The lowest BCUT2D eigenvalue weighted by Crippen LogP contribution is -2.07. The Morgan fingerprint density at radius 2 is 2.33 bits per heavy atom. The van der Waals surface area contributed by atoms with E-state index in [0.717, 1.165) is 0 Å². The standard InChI is InChI=1S/C9H14N2O3S/c1-4-13-8(12)5-15-6(2)9-11-10-7(3)14-9/h6H,4-5H2,1-3H3/t6-/m1/s1. The van der Waals surface area contributed by atoms with Crippen molar-refractivity contribution in [3.63, 3.8) is 0 Å². The third-order valence-electron chi connectivity index (χ3n) is 1.65. The Labute approximate surface area is 92.6 Å². The van der Waals surface area contributed by atoms with Crippen LogP contribution in [0, 0.1) is 6.92 Å². The first-order chi connectivity index (χ1) is 7.13. The van der Waals surface area contributed by atoms with E-state index in [1.807, 2.05) is 6.92 Å². The molecule has 0 aliphatic heterocycles. The molecule has 0 bridgehead atoms.